The molecule has 0 aromatic heterocycles. The summed E-state index contributed by atoms with van der Waals surface area (Å²) >= 11 is 2.18. The molecule has 1 fully saturated rings. The maximum atomic E-state index is 14.5. The predicted molar refractivity (Wildman–Crippen MR) is 227 cm³/mol. The Morgan fingerprint density at radius 3 is 2.05 bits per heavy atom. The molecule has 3 aliphatic heterocycles. The SMILES string of the molecule is COc1cc(/C=C2\C(=O)NC(=O)N(c3cc4c5c(c3)[C@H](c3ccccc3)CCN5CC[C@H]4c3ccccc3)C2=O)cc(I)c1OCc1cccc2ccccc12. The van der Waals surface area contributed by atoms with Gasteiger partial charge in [0.2, 0.25) is 0 Å². The second-order valence-electron chi connectivity index (χ2n) is 14.4. The Balaban J connectivity index is 1.09. The Morgan fingerprint density at radius 2 is 1.39 bits per heavy atom. The fourth-order valence-corrected chi connectivity index (χ4v) is 9.34. The van der Waals surface area contributed by atoms with Crippen molar-refractivity contribution in [2.24, 2.45) is 0 Å². The highest BCUT2D eigenvalue weighted by molar-refractivity contribution is 14.1. The molecule has 0 saturated carbocycles. The largest absolute Gasteiger partial charge is 0.493 e. The molecule has 9 heteroatoms. The number of hydrogen-bond acceptors (Lipinski definition) is 6. The summed E-state index contributed by atoms with van der Waals surface area (Å²) in [4.78, 5) is 45.2. The van der Waals surface area contributed by atoms with E-state index in [2.05, 4.69) is 99.5 Å². The number of rotatable bonds is 8. The van der Waals surface area contributed by atoms with Crippen molar-refractivity contribution in [2.45, 2.75) is 31.3 Å². The van der Waals surface area contributed by atoms with Gasteiger partial charge in [-0.2, -0.15) is 0 Å². The van der Waals surface area contributed by atoms with Gasteiger partial charge in [0, 0.05) is 30.6 Å². The number of amides is 4. The summed E-state index contributed by atoms with van der Waals surface area (Å²) < 4.78 is 12.8. The van der Waals surface area contributed by atoms with Crippen molar-refractivity contribution in [1.82, 2.24) is 5.32 Å². The summed E-state index contributed by atoms with van der Waals surface area (Å²) in [6.45, 7) is 2.16. The zero-order valence-electron chi connectivity index (χ0n) is 30.7. The Hall–Kier alpha value is -5.94. The smallest absolute Gasteiger partial charge is 0.335 e. The standard InChI is InChI=1S/C47H38IN3O5/c1-55-42-25-29(24-41(48)44(42)56-28-33-17-10-16-30-15-8-9-18-35(30)33)23-40-45(52)49-47(54)51(46(40)53)34-26-38-36(31-11-4-2-5-12-31)19-21-50-22-20-37(39(27-34)43(38)50)32-13-6-3-7-14-32/h2-18,23-27,36-37H,19-22,28H2,1H3,(H,49,52,54)/b40-23+/t36-,37-/m0/s1. The number of hydrogen-bond donors (Lipinski definition) is 1. The topological polar surface area (TPSA) is 88.2 Å². The second-order valence-corrected chi connectivity index (χ2v) is 15.5. The lowest BCUT2D eigenvalue weighted by Gasteiger charge is -2.44. The van der Waals surface area contributed by atoms with Gasteiger partial charge in [-0.05, 0) is 110 Å². The van der Waals surface area contributed by atoms with Crippen molar-refractivity contribution >= 4 is 68.7 Å². The lowest BCUT2D eigenvalue weighted by atomic mass is 9.76. The van der Waals surface area contributed by atoms with Gasteiger partial charge in [0.05, 0.1) is 16.4 Å². The first kappa shape index (κ1) is 35.7. The van der Waals surface area contributed by atoms with Gasteiger partial charge in [-0.3, -0.25) is 14.9 Å². The Morgan fingerprint density at radius 1 is 0.768 bits per heavy atom. The number of methoxy groups -OCH3 is 1. The molecule has 6 aromatic rings. The number of nitrogens with zero attached hydrogens (tertiary/aromatic N) is 2. The maximum absolute atomic E-state index is 14.5. The summed E-state index contributed by atoms with van der Waals surface area (Å²) in [7, 11) is 1.56. The van der Waals surface area contributed by atoms with Crippen LogP contribution in [0.1, 0.15) is 58.1 Å². The van der Waals surface area contributed by atoms with Crippen LogP contribution in [0.3, 0.4) is 0 Å². The predicted octanol–water partition coefficient (Wildman–Crippen LogP) is 9.58. The van der Waals surface area contributed by atoms with Crippen LogP contribution in [-0.2, 0) is 16.2 Å². The van der Waals surface area contributed by atoms with Gasteiger partial charge in [0.15, 0.2) is 11.5 Å². The van der Waals surface area contributed by atoms with Gasteiger partial charge in [0.1, 0.15) is 12.2 Å². The van der Waals surface area contributed by atoms with Crippen LogP contribution >= 0.6 is 22.6 Å². The van der Waals surface area contributed by atoms with Crippen molar-refractivity contribution in [3.8, 4) is 11.5 Å². The number of barbiturate groups is 1. The van der Waals surface area contributed by atoms with E-state index >= 15 is 0 Å². The first-order chi connectivity index (χ1) is 27.4. The van der Waals surface area contributed by atoms with E-state index in [1.165, 1.54) is 22.9 Å². The first-order valence-electron chi connectivity index (χ1n) is 18.8. The van der Waals surface area contributed by atoms with Gasteiger partial charge in [0.25, 0.3) is 11.8 Å². The number of fused-ring (bicyclic) bond motifs is 1. The molecule has 0 radical (unpaired) electrons. The lowest BCUT2D eigenvalue weighted by molar-refractivity contribution is -0.122. The number of benzene rings is 6. The highest BCUT2D eigenvalue weighted by Crippen LogP contribution is 2.50. The molecule has 6 aromatic carbocycles. The van der Waals surface area contributed by atoms with E-state index in [0.717, 1.165) is 61.9 Å². The minimum Gasteiger partial charge on any atom is -0.493 e. The molecule has 9 rings (SSSR count). The third-order valence-corrected chi connectivity index (χ3v) is 12.0. The maximum Gasteiger partial charge on any atom is 0.335 e. The summed E-state index contributed by atoms with van der Waals surface area (Å²) in [5.41, 5.74) is 7.59. The zero-order chi connectivity index (χ0) is 38.3. The Bertz CT molecular complexity index is 2480. The molecule has 0 aliphatic carbocycles. The first-order valence-corrected chi connectivity index (χ1v) is 19.9. The molecule has 278 valence electrons. The van der Waals surface area contributed by atoms with Crippen LogP contribution in [0, 0.1) is 3.57 Å². The van der Waals surface area contributed by atoms with Crippen molar-refractivity contribution in [1.29, 1.82) is 0 Å². The third kappa shape index (κ3) is 6.49. The number of nitrogens with one attached hydrogen (secondary N) is 1. The number of anilines is 2. The van der Waals surface area contributed by atoms with E-state index in [4.69, 9.17) is 9.47 Å². The van der Waals surface area contributed by atoms with Crippen LogP contribution in [0.25, 0.3) is 16.8 Å². The number of carbonyl (C=O) groups excluding carboxylic acids is 3. The van der Waals surface area contributed by atoms with Crippen molar-refractivity contribution in [3.05, 3.63) is 170 Å². The van der Waals surface area contributed by atoms with Crippen LogP contribution in [0.4, 0.5) is 16.2 Å². The summed E-state index contributed by atoms with van der Waals surface area (Å²) in [6.07, 6.45) is 3.32. The molecule has 56 heavy (non-hydrogen) atoms. The van der Waals surface area contributed by atoms with E-state index in [0.29, 0.717) is 29.4 Å². The average molecular weight is 852 g/mol. The highest BCUT2D eigenvalue weighted by atomic mass is 127. The van der Waals surface area contributed by atoms with Crippen molar-refractivity contribution < 1.29 is 23.9 Å². The van der Waals surface area contributed by atoms with Crippen molar-refractivity contribution in [2.75, 3.05) is 30.0 Å². The molecule has 4 amide bonds. The second kappa shape index (κ2) is 15.0. The molecule has 3 aliphatic rings. The van der Waals surface area contributed by atoms with E-state index in [-0.39, 0.29) is 17.4 Å². The molecule has 8 nitrogen and oxygen atoms in total. The minimum absolute atomic E-state index is 0.0751. The van der Waals surface area contributed by atoms with Crippen LogP contribution in [-0.4, -0.2) is 38.0 Å². The van der Waals surface area contributed by atoms with E-state index in [9.17, 15) is 14.4 Å². The quantitative estimate of drug-likeness (QED) is 0.0933. The number of carbonyl (C=O) groups is 3. The molecular formula is C47H38IN3O5. The third-order valence-electron chi connectivity index (χ3n) is 11.2. The van der Waals surface area contributed by atoms with Crippen molar-refractivity contribution in [3.63, 3.8) is 0 Å². The summed E-state index contributed by atoms with van der Waals surface area (Å²) in [5.74, 6) is -0.281. The molecule has 1 saturated heterocycles. The monoisotopic (exact) mass is 851 g/mol. The number of ether oxygens (including phenoxy) is 2. The molecule has 0 unspecified atom stereocenters. The molecule has 0 bridgehead atoms. The molecular weight excluding hydrogens is 813 g/mol. The number of urea groups is 1. The van der Waals surface area contributed by atoms with Gasteiger partial charge < -0.3 is 14.4 Å². The van der Waals surface area contributed by atoms with E-state index in [1.54, 1.807) is 13.2 Å². The van der Waals surface area contributed by atoms with Gasteiger partial charge in [-0.1, -0.05) is 103 Å². The van der Waals surface area contributed by atoms with Crippen LogP contribution in [0.15, 0.2) is 133 Å². The van der Waals surface area contributed by atoms with Crippen LogP contribution in [0.2, 0.25) is 0 Å². The fraction of sp³-hybridized carbons (Fsp3) is 0.170. The number of halogens is 1. The molecule has 3 heterocycles. The van der Waals surface area contributed by atoms with E-state index in [1.807, 2.05) is 54.6 Å². The fourth-order valence-electron chi connectivity index (χ4n) is 8.56. The normalized spacial score (nSPS) is 18.5. The molecule has 1 N–H and O–H groups in total. The van der Waals surface area contributed by atoms with Crippen LogP contribution < -0.4 is 24.6 Å². The van der Waals surface area contributed by atoms with Gasteiger partial charge in [-0.25, -0.2) is 9.69 Å². The van der Waals surface area contributed by atoms with E-state index < -0.39 is 17.8 Å². The summed E-state index contributed by atoms with van der Waals surface area (Å²) in [5, 5.41) is 4.69. The lowest BCUT2D eigenvalue weighted by Crippen LogP contribution is -2.54. The number of imide groups is 2. The zero-order valence-corrected chi connectivity index (χ0v) is 32.9. The van der Waals surface area contributed by atoms with Crippen LogP contribution in [0.5, 0.6) is 11.5 Å². The molecule has 2 atom stereocenters. The van der Waals surface area contributed by atoms with Gasteiger partial charge in [-0.15, -0.1) is 0 Å². The Kier molecular flexibility index (Phi) is 9.54. The highest BCUT2D eigenvalue weighted by Gasteiger charge is 2.40. The minimum atomic E-state index is -0.773. The van der Waals surface area contributed by atoms with Gasteiger partial charge >= 0.3 is 6.03 Å². The molecule has 0 spiro atoms. The summed E-state index contributed by atoms with van der Waals surface area (Å²) in [6, 6.07) is 41.9. The Labute approximate surface area is 338 Å². The average Bonchev–Trinajstić information content (AvgIpc) is 3.22.